The minimum atomic E-state index is 1.20. The zero-order chi connectivity index (χ0) is 9.94. The predicted octanol–water partition coefficient (Wildman–Crippen LogP) is 2.05. The second-order valence-corrected chi connectivity index (χ2v) is 4.16. The first-order chi connectivity index (χ1) is 6.27. The van der Waals surface area contributed by atoms with Gasteiger partial charge in [-0.3, -0.25) is 0 Å². The highest BCUT2D eigenvalue weighted by atomic mass is 15.0. The van der Waals surface area contributed by atoms with Crippen LogP contribution in [0.3, 0.4) is 0 Å². The number of nitrogens with one attached hydrogen (secondary N) is 1. The standard InChI is InChI=1S/C12H25N/c1-4-5-6-7-8-9-10-11-12-13(2)3/h4H,1,5-12H2,2-3H3/p+1. The Kier molecular flexibility index (Phi) is 9.56. The molecule has 0 bridgehead atoms. The molecule has 0 fully saturated rings. The van der Waals surface area contributed by atoms with E-state index in [4.69, 9.17) is 0 Å². The summed E-state index contributed by atoms with van der Waals surface area (Å²) >= 11 is 0. The van der Waals surface area contributed by atoms with Gasteiger partial charge in [-0.15, -0.1) is 6.58 Å². The minimum Gasteiger partial charge on any atom is -0.340 e. The summed E-state index contributed by atoms with van der Waals surface area (Å²) in [6.07, 6.45) is 11.6. The molecule has 78 valence electrons. The molecule has 0 rings (SSSR count). The Balaban J connectivity index is 2.87. The van der Waals surface area contributed by atoms with Gasteiger partial charge in [-0.25, -0.2) is 0 Å². The van der Waals surface area contributed by atoms with Gasteiger partial charge in [0.25, 0.3) is 0 Å². The fraction of sp³-hybridized carbons (Fsp3) is 0.833. The van der Waals surface area contributed by atoms with E-state index in [1.165, 1.54) is 51.5 Å². The van der Waals surface area contributed by atoms with Crippen molar-refractivity contribution in [1.29, 1.82) is 0 Å². The Labute approximate surface area is 83.8 Å². The molecule has 0 amide bonds. The zero-order valence-electron chi connectivity index (χ0n) is 9.44. The third kappa shape index (κ3) is 11.7. The molecule has 0 atom stereocenters. The molecule has 1 nitrogen and oxygen atoms in total. The van der Waals surface area contributed by atoms with Gasteiger partial charge in [0, 0.05) is 0 Å². The highest BCUT2D eigenvalue weighted by Crippen LogP contribution is 2.06. The molecule has 0 heterocycles. The Bertz CT molecular complexity index is 108. The molecule has 1 heteroatoms. The highest BCUT2D eigenvalue weighted by molar-refractivity contribution is 4.65. The minimum absolute atomic E-state index is 1.20. The van der Waals surface area contributed by atoms with Crippen molar-refractivity contribution in [2.75, 3.05) is 20.6 Å². The quantitative estimate of drug-likeness (QED) is 0.413. The lowest BCUT2D eigenvalue weighted by Crippen LogP contribution is -3.05. The first kappa shape index (κ1) is 12.7. The fourth-order valence-corrected chi connectivity index (χ4v) is 1.47. The molecule has 0 radical (unpaired) electrons. The van der Waals surface area contributed by atoms with Crippen LogP contribution in [0.1, 0.15) is 44.9 Å². The SMILES string of the molecule is C=CCCCCCCCC[NH+](C)C. The molecule has 1 N–H and O–H groups in total. The van der Waals surface area contributed by atoms with Gasteiger partial charge < -0.3 is 4.90 Å². The maximum absolute atomic E-state index is 3.72. The van der Waals surface area contributed by atoms with Gasteiger partial charge in [-0.05, 0) is 25.7 Å². The molecule has 0 aliphatic carbocycles. The van der Waals surface area contributed by atoms with Crippen molar-refractivity contribution >= 4 is 0 Å². The fourth-order valence-electron chi connectivity index (χ4n) is 1.47. The van der Waals surface area contributed by atoms with Gasteiger partial charge >= 0.3 is 0 Å². The molecule has 0 spiro atoms. The first-order valence-corrected chi connectivity index (χ1v) is 5.67. The van der Waals surface area contributed by atoms with E-state index in [0.29, 0.717) is 0 Å². The summed E-state index contributed by atoms with van der Waals surface area (Å²) in [7, 11) is 4.45. The molecular weight excluding hydrogens is 158 g/mol. The number of rotatable bonds is 9. The number of quaternary nitrogens is 1. The Morgan fingerprint density at radius 2 is 1.46 bits per heavy atom. The molecule has 0 aromatic rings. The van der Waals surface area contributed by atoms with Crippen LogP contribution in [0.5, 0.6) is 0 Å². The molecular formula is C12H26N+. The van der Waals surface area contributed by atoms with Gasteiger partial charge in [-0.1, -0.05) is 25.3 Å². The molecule has 0 unspecified atom stereocenters. The maximum Gasteiger partial charge on any atom is 0.0766 e. The van der Waals surface area contributed by atoms with E-state index in [1.807, 2.05) is 6.08 Å². The smallest absolute Gasteiger partial charge is 0.0766 e. The highest BCUT2D eigenvalue weighted by Gasteiger charge is 1.93. The van der Waals surface area contributed by atoms with Crippen molar-refractivity contribution < 1.29 is 4.90 Å². The molecule has 0 aromatic carbocycles. The van der Waals surface area contributed by atoms with Crippen LogP contribution in [0.4, 0.5) is 0 Å². The van der Waals surface area contributed by atoms with E-state index in [9.17, 15) is 0 Å². The summed E-state index contributed by atoms with van der Waals surface area (Å²) in [4.78, 5) is 1.58. The number of allylic oxidation sites excluding steroid dienone is 1. The summed E-state index contributed by atoms with van der Waals surface area (Å²) in [6.45, 7) is 5.05. The molecule has 0 aromatic heterocycles. The third-order valence-corrected chi connectivity index (χ3v) is 2.34. The Hall–Kier alpha value is -0.300. The largest absolute Gasteiger partial charge is 0.340 e. The molecule has 0 saturated carbocycles. The molecule has 0 saturated heterocycles. The van der Waals surface area contributed by atoms with Crippen molar-refractivity contribution in [2.45, 2.75) is 44.9 Å². The summed E-state index contributed by atoms with van der Waals surface area (Å²) in [6, 6.07) is 0. The van der Waals surface area contributed by atoms with Crippen LogP contribution in [-0.2, 0) is 0 Å². The van der Waals surface area contributed by atoms with Gasteiger partial charge in [0.05, 0.1) is 20.6 Å². The lowest BCUT2D eigenvalue weighted by atomic mass is 10.1. The maximum atomic E-state index is 3.72. The van der Waals surface area contributed by atoms with Crippen molar-refractivity contribution in [1.82, 2.24) is 0 Å². The van der Waals surface area contributed by atoms with E-state index in [-0.39, 0.29) is 0 Å². The lowest BCUT2D eigenvalue weighted by molar-refractivity contribution is -0.858. The molecule has 0 aliphatic rings. The van der Waals surface area contributed by atoms with E-state index < -0.39 is 0 Å². The summed E-state index contributed by atoms with van der Waals surface area (Å²) in [5.41, 5.74) is 0. The number of hydrogen-bond acceptors (Lipinski definition) is 0. The van der Waals surface area contributed by atoms with Crippen LogP contribution in [-0.4, -0.2) is 20.6 Å². The van der Waals surface area contributed by atoms with Crippen LogP contribution in [0.15, 0.2) is 12.7 Å². The Morgan fingerprint density at radius 3 is 2.00 bits per heavy atom. The van der Waals surface area contributed by atoms with Crippen LogP contribution in [0.25, 0.3) is 0 Å². The number of unbranched alkanes of at least 4 members (excludes halogenated alkanes) is 6. The topological polar surface area (TPSA) is 4.44 Å². The number of hydrogen-bond donors (Lipinski definition) is 1. The summed E-state index contributed by atoms with van der Waals surface area (Å²) < 4.78 is 0. The van der Waals surface area contributed by atoms with Crippen LogP contribution in [0, 0.1) is 0 Å². The predicted molar refractivity (Wildman–Crippen MR) is 60.2 cm³/mol. The summed E-state index contributed by atoms with van der Waals surface area (Å²) in [5.74, 6) is 0. The van der Waals surface area contributed by atoms with Gasteiger partial charge in [0.15, 0.2) is 0 Å². The van der Waals surface area contributed by atoms with E-state index >= 15 is 0 Å². The van der Waals surface area contributed by atoms with Crippen molar-refractivity contribution in [3.05, 3.63) is 12.7 Å². The van der Waals surface area contributed by atoms with Crippen molar-refractivity contribution in [3.63, 3.8) is 0 Å². The van der Waals surface area contributed by atoms with E-state index in [2.05, 4.69) is 20.7 Å². The monoisotopic (exact) mass is 184 g/mol. The average molecular weight is 184 g/mol. The zero-order valence-corrected chi connectivity index (χ0v) is 9.44. The van der Waals surface area contributed by atoms with Gasteiger partial charge in [0.1, 0.15) is 0 Å². The summed E-state index contributed by atoms with van der Waals surface area (Å²) in [5, 5.41) is 0. The second-order valence-electron chi connectivity index (χ2n) is 4.16. The normalized spacial score (nSPS) is 10.7. The third-order valence-electron chi connectivity index (χ3n) is 2.34. The van der Waals surface area contributed by atoms with Crippen LogP contribution < -0.4 is 4.90 Å². The first-order valence-electron chi connectivity index (χ1n) is 5.67. The van der Waals surface area contributed by atoms with E-state index in [1.54, 1.807) is 4.90 Å². The molecule has 0 aliphatic heterocycles. The molecule has 13 heavy (non-hydrogen) atoms. The average Bonchev–Trinajstić information content (AvgIpc) is 2.09. The van der Waals surface area contributed by atoms with Crippen molar-refractivity contribution in [2.24, 2.45) is 0 Å². The Morgan fingerprint density at radius 1 is 0.923 bits per heavy atom. The van der Waals surface area contributed by atoms with Crippen LogP contribution >= 0.6 is 0 Å². The van der Waals surface area contributed by atoms with E-state index in [0.717, 1.165) is 0 Å². The van der Waals surface area contributed by atoms with Gasteiger partial charge in [0.2, 0.25) is 0 Å². The lowest BCUT2D eigenvalue weighted by Gasteiger charge is -2.06. The second kappa shape index (κ2) is 9.79. The van der Waals surface area contributed by atoms with Crippen molar-refractivity contribution in [3.8, 4) is 0 Å². The van der Waals surface area contributed by atoms with Crippen LogP contribution in [0.2, 0.25) is 0 Å². The van der Waals surface area contributed by atoms with Gasteiger partial charge in [-0.2, -0.15) is 0 Å².